The molecule has 0 saturated heterocycles. The maximum atomic E-state index is 12.8. The smallest absolute Gasteiger partial charge is 0.255 e. The Morgan fingerprint density at radius 1 is 0.525 bits per heavy atom. The van der Waals surface area contributed by atoms with Crippen LogP contribution >= 0.6 is 23.2 Å². The molecule has 40 heavy (non-hydrogen) atoms. The third-order valence-corrected chi connectivity index (χ3v) is 7.42. The Bertz CT molecular complexity index is 1430. The highest BCUT2D eigenvalue weighted by Gasteiger charge is 2.17. The summed E-state index contributed by atoms with van der Waals surface area (Å²) >= 11 is 13.1. The van der Waals surface area contributed by atoms with E-state index in [0.29, 0.717) is 32.5 Å². The topological polar surface area (TPSA) is 58.2 Å². The highest BCUT2D eigenvalue weighted by Crippen LogP contribution is 2.33. The number of benzene rings is 4. The molecule has 0 spiro atoms. The zero-order chi connectivity index (χ0) is 29.2. The van der Waals surface area contributed by atoms with Crippen molar-refractivity contribution in [3.8, 4) is 11.1 Å². The van der Waals surface area contributed by atoms with E-state index in [1.54, 1.807) is 24.3 Å². The van der Waals surface area contributed by atoms with Gasteiger partial charge in [-0.05, 0) is 81.6 Å². The van der Waals surface area contributed by atoms with Gasteiger partial charge in [-0.3, -0.25) is 9.59 Å². The minimum Gasteiger partial charge on any atom is -0.321 e. The first-order valence-corrected chi connectivity index (χ1v) is 13.9. The zero-order valence-corrected chi connectivity index (χ0v) is 25.2. The standard InChI is InChI=1S/C34H34Cl2N2O2/c1-33(2,3)25-13-7-21(8-14-25)31(39)37-29-17-11-23(19-27(29)35)24-12-18-30(28(36)20-24)38-32(40)22-9-15-26(16-10-22)34(4,5)6/h7-20H,1-6H3,(H,37,39)(H,38,40). The van der Waals surface area contributed by atoms with Crippen molar-refractivity contribution in [3.05, 3.63) is 117 Å². The van der Waals surface area contributed by atoms with Crippen LogP contribution in [0.5, 0.6) is 0 Å². The molecule has 4 aromatic carbocycles. The molecule has 0 aliphatic rings. The summed E-state index contributed by atoms with van der Waals surface area (Å²) in [7, 11) is 0. The maximum Gasteiger partial charge on any atom is 0.255 e. The summed E-state index contributed by atoms with van der Waals surface area (Å²) in [4.78, 5) is 25.6. The molecule has 4 rings (SSSR count). The van der Waals surface area contributed by atoms with Gasteiger partial charge < -0.3 is 10.6 Å². The number of hydrogen-bond acceptors (Lipinski definition) is 2. The molecule has 206 valence electrons. The van der Waals surface area contributed by atoms with Crippen molar-refractivity contribution in [1.82, 2.24) is 0 Å². The molecule has 0 aliphatic carbocycles. The van der Waals surface area contributed by atoms with Crippen molar-refractivity contribution in [3.63, 3.8) is 0 Å². The van der Waals surface area contributed by atoms with E-state index in [0.717, 1.165) is 22.3 Å². The monoisotopic (exact) mass is 572 g/mol. The fourth-order valence-corrected chi connectivity index (χ4v) is 4.68. The largest absolute Gasteiger partial charge is 0.321 e. The van der Waals surface area contributed by atoms with E-state index >= 15 is 0 Å². The second-order valence-corrected chi connectivity index (χ2v) is 12.8. The van der Waals surface area contributed by atoms with Gasteiger partial charge in [-0.15, -0.1) is 0 Å². The number of anilines is 2. The molecule has 0 aliphatic heterocycles. The molecular weight excluding hydrogens is 539 g/mol. The average Bonchev–Trinajstić information content (AvgIpc) is 2.90. The van der Waals surface area contributed by atoms with Crippen molar-refractivity contribution in [1.29, 1.82) is 0 Å². The lowest BCUT2D eigenvalue weighted by atomic mass is 9.86. The molecule has 0 bridgehead atoms. The Labute approximate surface area is 246 Å². The Hall–Kier alpha value is -3.60. The predicted molar refractivity (Wildman–Crippen MR) is 168 cm³/mol. The Kier molecular flexibility index (Phi) is 8.44. The van der Waals surface area contributed by atoms with Crippen molar-refractivity contribution >= 4 is 46.4 Å². The van der Waals surface area contributed by atoms with Crippen LogP contribution in [0.25, 0.3) is 11.1 Å². The fraction of sp³-hybridized carbons (Fsp3) is 0.235. The second-order valence-electron chi connectivity index (χ2n) is 12.0. The van der Waals surface area contributed by atoms with Gasteiger partial charge in [-0.1, -0.05) is 101 Å². The molecule has 0 saturated carbocycles. The van der Waals surface area contributed by atoms with E-state index in [2.05, 4.69) is 52.2 Å². The summed E-state index contributed by atoms with van der Waals surface area (Å²) < 4.78 is 0. The van der Waals surface area contributed by atoms with Crippen molar-refractivity contribution in [2.45, 2.75) is 52.4 Å². The Morgan fingerprint density at radius 3 is 1.12 bits per heavy atom. The predicted octanol–water partition coefficient (Wildman–Crippen LogP) is 9.76. The van der Waals surface area contributed by atoms with Gasteiger partial charge in [0.05, 0.1) is 21.4 Å². The third kappa shape index (κ3) is 6.93. The van der Waals surface area contributed by atoms with E-state index < -0.39 is 0 Å². The van der Waals surface area contributed by atoms with Crippen LogP contribution in [0, 0.1) is 0 Å². The van der Waals surface area contributed by atoms with Crippen molar-refractivity contribution < 1.29 is 9.59 Å². The van der Waals surface area contributed by atoms with Gasteiger partial charge in [-0.25, -0.2) is 0 Å². The molecule has 4 aromatic rings. The molecule has 0 fully saturated rings. The van der Waals surface area contributed by atoms with Gasteiger partial charge in [0, 0.05) is 11.1 Å². The highest BCUT2D eigenvalue weighted by atomic mass is 35.5. The van der Waals surface area contributed by atoms with Gasteiger partial charge in [-0.2, -0.15) is 0 Å². The van der Waals surface area contributed by atoms with E-state index in [4.69, 9.17) is 23.2 Å². The second kappa shape index (κ2) is 11.5. The molecule has 0 radical (unpaired) electrons. The normalized spacial score (nSPS) is 11.7. The number of hydrogen-bond donors (Lipinski definition) is 2. The molecule has 0 aromatic heterocycles. The number of carbonyl (C=O) groups excluding carboxylic acids is 2. The third-order valence-electron chi connectivity index (χ3n) is 6.79. The minimum atomic E-state index is -0.230. The van der Waals surface area contributed by atoms with Crippen LogP contribution in [-0.2, 0) is 10.8 Å². The van der Waals surface area contributed by atoms with Crippen LogP contribution in [0.1, 0.15) is 73.4 Å². The quantitative estimate of drug-likeness (QED) is 0.250. The van der Waals surface area contributed by atoms with Crippen molar-refractivity contribution in [2.75, 3.05) is 10.6 Å². The molecule has 0 unspecified atom stereocenters. The lowest BCUT2D eigenvalue weighted by molar-refractivity contribution is 0.101. The van der Waals surface area contributed by atoms with Crippen LogP contribution < -0.4 is 10.6 Å². The SMILES string of the molecule is CC(C)(C)c1ccc(C(=O)Nc2ccc(-c3ccc(NC(=O)c4ccc(C(C)(C)C)cc4)c(Cl)c3)cc2Cl)cc1. The first-order chi connectivity index (χ1) is 18.7. The van der Waals surface area contributed by atoms with E-state index in [1.165, 1.54) is 0 Å². The van der Waals surface area contributed by atoms with Crippen LogP contribution in [-0.4, -0.2) is 11.8 Å². The molecule has 4 nitrogen and oxygen atoms in total. The lowest BCUT2D eigenvalue weighted by Gasteiger charge is -2.19. The Morgan fingerprint density at radius 2 is 0.850 bits per heavy atom. The van der Waals surface area contributed by atoms with Crippen LogP contribution in [0.15, 0.2) is 84.9 Å². The maximum absolute atomic E-state index is 12.8. The number of nitrogens with one attached hydrogen (secondary N) is 2. The molecule has 0 atom stereocenters. The zero-order valence-electron chi connectivity index (χ0n) is 23.7. The molecule has 0 heterocycles. The number of halogens is 2. The molecule has 2 N–H and O–H groups in total. The van der Waals surface area contributed by atoms with Gasteiger partial charge >= 0.3 is 0 Å². The first-order valence-electron chi connectivity index (χ1n) is 13.2. The average molecular weight is 574 g/mol. The summed E-state index contributed by atoms with van der Waals surface area (Å²) in [5.41, 5.74) is 6.15. The first kappa shape index (κ1) is 29.4. The van der Waals surface area contributed by atoms with E-state index in [9.17, 15) is 9.59 Å². The van der Waals surface area contributed by atoms with Crippen molar-refractivity contribution in [2.24, 2.45) is 0 Å². The number of rotatable bonds is 5. The molecule has 2 amide bonds. The van der Waals surface area contributed by atoms with Gasteiger partial charge in [0.1, 0.15) is 0 Å². The number of carbonyl (C=O) groups is 2. The molecule has 6 heteroatoms. The minimum absolute atomic E-state index is 0.0131. The van der Waals surface area contributed by atoms with Gasteiger partial charge in [0.25, 0.3) is 11.8 Å². The van der Waals surface area contributed by atoms with Gasteiger partial charge in [0.2, 0.25) is 0 Å². The fourth-order valence-electron chi connectivity index (χ4n) is 4.22. The van der Waals surface area contributed by atoms with Crippen LogP contribution in [0.2, 0.25) is 10.0 Å². The Balaban J connectivity index is 1.45. The van der Waals surface area contributed by atoms with E-state index in [1.807, 2.05) is 60.7 Å². The summed E-state index contributed by atoms with van der Waals surface area (Å²) in [6, 6.07) is 26.0. The molecular formula is C34H34Cl2N2O2. The van der Waals surface area contributed by atoms with Crippen LogP contribution in [0.3, 0.4) is 0 Å². The summed E-state index contributed by atoms with van der Waals surface area (Å²) in [6.45, 7) is 12.8. The summed E-state index contributed by atoms with van der Waals surface area (Å²) in [5, 5.41) is 6.59. The van der Waals surface area contributed by atoms with Gasteiger partial charge in [0.15, 0.2) is 0 Å². The lowest BCUT2D eigenvalue weighted by Crippen LogP contribution is -2.14. The van der Waals surface area contributed by atoms with Crippen LogP contribution in [0.4, 0.5) is 11.4 Å². The number of amides is 2. The van der Waals surface area contributed by atoms with E-state index in [-0.39, 0.29) is 22.6 Å². The highest BCUT2D eigenvalue weighted by molar-refractivity contribution is 6.35. The summed E-state index contributed by atoms with van der Waals surface area (Å²) in [6.07, 6.45) is 0. The summed E-state index contributed by atoms with van der Waals surface area (Å²) in [5.74, 6) is -0.461.